The highest BCUT2D eigenvalue weighted by molar-refractivity contribution is 7.90. The number of halogens is 4. The van der Waals surface area contributed by atoms with E-state index in [1.54, 1.807) is 25.1 Å². The van der Waals surface area contributed by atoms with Crippen molar-refractivity contribution in [1.82, 2.24) is 4.90 Å². The van der Waals surface area contributed by atoms with Gasteiger partial charge >= 0.3 is 5.37 Å². The molecule has 0 fully saturated rings. The average molecular weight is 616 g/mol. The Kier molecular flexibility index (Phi) is 8.01. The van der Waals surface area contributed by atoms with Crippen molar-refractivity contribution in [2.24, 2.45) is 10.9 Å². The number of aliphatic imine (C=N–C) groups is 1. The van der Waals surface area contributed by atoms with Gasteiger partial charge in [-0.15, -0.1) is 0 Å². The van der Waals surface area contributed by atoms with Crippen LogP contribution >= 0.6 is 46.4 Å². The number of hydrogen-bond acceptors (Lipinski definition) is 5. The fraction of sp³-hybridized carbons (Fsp3) is 0.333. The van der Waals surface area contributed by atoms with Gasteiger partial charge in [0.2, 0.25) is 0 Å². The Labute approximate surface area is 242 Å². The van der Waals surface area contributed by atoms with Crippen LogP contribution < -0.4 is 4.74 Å². The second kappa shape index (κ2) is 10.5. The standard InChI is InChI=1S/C27H26Cl4N2O4S/c1-5-37-22-15-21(30)23(38(4,35)36)14-20(22)24-32-26(2,16-6-10-18(28)11-7-16)27(3,33(24)25(31)34)17-8-12-19(29)13-9-17/h6,8-16H,5,7H2,1-4H3/t16?,26-,27+/m0/s1. The number of ether oxygens (including phenoxy) is 1. The van der Waals surface area contributed by atoms with Gasteiger partial charge in [-0.05, 0) is 68.6 Å². The fourth-order valence-corrected chi connectivity index (χ4v) is 7.03. The Morgan fingerprint density at radius 3 is 2.34 bits per heavy atom. The number of allylic oxidation sites excluding steroid dienone is 3. The highest BCUT2D eigenvalue weighted by Gasteiger charge is 2.61. The van der Waals surface area contributed by atoms with Crippen LogP contribution in [0.2, 0.25) is 10.0 Å². The summed E-state index contributed by atoms with van der Waals surface area (Å²) in [5.41, 5.74) is -1.07. The molecule has 1 aliphatic heterocycles. The molecule has 202 valence electrons. The normalized spacial score (nSPS) is 25.3. The van der Waals surface area contributed by atoms with Crippen molar-refractivity contribution in [2.75, 3.05) is 12.9 Å². The molecule has 0 spiro atoms. The van der Waals surface area contributed by atoms with Gasteiger partial charge in [-0.25, -0.2) is 8.42 Å². The van der Waals surface area contributed by atoms with Crippen LogP contribution in [-0.4, -0.2) is 42.9 Å². The van der Waals surface area contributed by atoms with Gasteiger partial charge in [-0.3, -0.25) is 14.7 Å². The van der Waals surface area contributed by atoms with Crippen molar-refractivity contribution in [2.45, 2.75) is 43.2 Å². The van der Waals surface area contributed by atoms with Crippen LogP contribution in [0.1, 0.15) is 38.3 Å². The number of hydrogen-bond donors (Lipinski definition) is 0. The van der Waals surface area contributed by atoms with Gasteiger partial charge in [0.25, 0.3) is 0 Å². The zero-order chi connectivity index (χ0) is 28.0. The summed E-state index contributed by atoms with van der Waals surface area (Å²) in [6, 6.07) is 9.94. The van der Waals surface area contributed by atoms with E-state index in [4.69, 9.17) is 56.1 Å². The minimum Gasteiger partial charge on any atom is -0.493 e. The maximum Gasteiger partial charge on any atom is 0.322 e. The van der Waals surface area contributed by atoms with Crippen molar-refractivity contribution >= 4 is 67.4 Å². The third kappa shape index (κ3) is 4.88. The summed E-state index contributed by atoms with van der Waals surface area (Å²) >= 11 is 25.1. The first-order valence-corrected chi connectivity index (χ1v) is 15.2. The zero-order valence-corrected chi connectivity index (χ0v) is 25.0. The molecule has 1 aliphatic carbocycles. The third-order valence-electron chi connectivity index (χ3n) is 7.32. The lowest BCUT2D eigenvalue weighted by Crippen LogP contribution is -2.57. The molecule has 0 saturated heterocycles. The van der Waals surface area contributed by atoms with Crippen LogP contribution in [0.25, 0.3) is 0 Å². The molecule has 3 atom stereocenters. The number of nitrogens with zero attached hydrogens (tertiary/aromatic N) is 2. The summed E-state index contributed by atoms with van der Waals surface area (Å²) in [5.74, 6) is 0.249. The van der Waals surface area contributed by atoms with Gasteiger partial charge in [-0.1, -0.05) is 59.1 Å². The Morgan fingerprint density at radius 1 is 1.16 bits per heavy atom. The van der Waals surface area contributed by atoms with Gasteiger partial charge in [0.05, 0.1) is 33.2 Å². The van der Waals surface area contributed by atoms with E-state index >= 15 is 0 Å². The van der Waals surface area contributed by atoms with Gasteiger partial charge < -0.3 is 4.74 Å². The van der Waals surface area contributed by atoms with Crippen molar-refractivity contribution in [3.8, 4) is 5.75 Å². The number of amidine groups is 1. The first-order valence-electron chi connectivity index (χ1n) is 11.8. The lowest BCUT2D eigenvalue weighted by Gasteiger charge is -2.47. The quantitative estimate of drug-likeness (QED) is 0.248. The second-order valence-corrected chi connectivity index (χ2v) is 13.1. The minimum atomic E-state index is -3.72. The smallest absolute Gasteiger partial charge is 0.322 e. The molecular formula is C27H26Cl4N2O4S. The molecule has 2 aliphatic rings. The van der Waals surface area contributed by atoms with Crippen molar-refractivity contribution in [3.63, 3.8) is 0 Å². The molecule has 4 rings (SSSR count). The number of benzene rings is 2. The molecule has 6 nitrogen and oxygen atoms in total. The summed E-state index contributed by atoms with van der Waals surface area (Å²) < 4.78 is 31.0. The number of rotatable bonds is 6. The molecular weight excluding hydrogens is 590 g/mol. The molecule has 0 saturated carbocycles. The summed E-state index contributed by atoms with van der Waals surface area (Å²) in [4.78, 5) is 19.7. The molecule has 38 heavy (non-hydrogen) atoms. The van der Waals surface area contributed by atoms with Crippen LogP contribution in [0.5, 0.6) is 5.75 Å². The molecule has 0 radical (unpaired) electrons. The first kappa shape index (κ1) is 29.0. The molecule has 0 bridgehead atoms. The van der Waals surface area contributed by atoms with Crippen LogP contribution in [0.3, 0.4) is 0 Å². The van der Waals surface area contributed by atoms with E-state index in [-0.39, 0.29) is 39.6 Å². The largest absolute Gasteiger partial charge is 0.493 e. The van der Waals surface area contributed by atoms with Crippen LogP contribution in [-0.2, 0) is 15.4 Å². The minimum absolute atomic E-state index is 0.000245. The van der Waals surface area contributed by atoms with Crippen molar-refractivity contribution in [3.05, 3.63) is 80.8 Å². The maximum atomic E-state index is 13.3. The van der Waals surface area contributed by atoms with Crippen LogP contribution in [0.4, 0.5) is 4.79 Å². The van der Waals surface area contributed by atoms with E-state index in [1.165, 1.54) is 17.0 Å². The van der Waals surface area contributed by atoms with Gasteiger partial charge in [0.15, 0.2) is 9.84 Å². The Morgan fingerprint density at radius 2 is 1.82 bits per heavy atom. The topological polar surface area (TPSA) is 76.0 Å². The fourth-order valence-electron chi connectivity index (χ4n) is 5.18. The molecule has 1 unspecified atom stereocenters. The van der Waals surface area contributed by atoms with Crippen LogP contribution in [0, 0.1) is 5.92 Å². The second-order valence-electron chi connectivity index (χ2n) is 9.52. The number of carbonyl (C=O) groups excluding carboxylic acids is 1. The number of carbonyl (C=O) groups is 1. The monoisotopic (exact) mass is 614 g/mol. The van der Waals surface area contributed by atoms with E-state index in [9.17, 15) is 13.2 Å². The van der Waals surface area contributed by atoms with Gasteiger partial charge in [0.1, 0.15) is 11.6 Å². The first-order chi connectivity index (χ1) is 17.7. The molecule has 0 aromatic heterocycles. The lowest BCUT2D eigenvalue weighted by atomic mass is 9.66. The number of amides is 1. The average Bonchev–Trinajstić information content (AvgIpc) is 3.08. The molecule has 2 aromatic carbocycles. The summed E-state index contributed by atoms with van der Waals surface area (Å²) in [6.45, 7) is 5.88. The van der Waals surface area contributed by atoms with E-state index in [0.717, 1.165) is 11.8 Å². The zero-order valence-electron chi connectivity index (χ0n) is 21.1. The Balaban J connectivity index is 2.06. The predicted octanol–water partition coefficient (Wildman–Crippen LogP) is 7.59. The molecule has 1 heterocycles. The summed E-state index contributed by atoms with van der Waals surface area (Å²) in [6.07, 6.45) is 7.29. The third-order valence-corrected chi connectivity index (χ3v) is 9.58. The van der Waals surface area contributed by atoms with E-state index < -0.39 is 26.3 Å². The highest BCUT2D eigenvalue weighted by Crippen LogP contribution is 2.54. The van der Waals surface area contributed by atoms with Gasteiger partial charge in [-0.2, -0.15) is 0 Å². The number of sulfone groups is 1. The molecule has 1 amide bonds. The lowest BCUT2D eigenvalue weighted by molar-refractivity contribution is 0.121. The molecule has 0 N–H and O–H groups in total. The predicted molar refractivity (Wildman–Crippen MR) is 154 cm³/mol. The van der Waals surface area contributed by atoms with E-state index in [0.29, 0.717) is 16.5 Å². The molecule has 11 heteroatoms. The van der Waals surface area contributed by atoms with E-state index in [1.807, 2.05) is 38.1 Å². The van der Waals surface area contributed by atoms with E-state index in [2.05, 4.69) is 0 Å². The summed E-state index contributed by atoms with van der Waals surface area (Å²) in [5, 5.41) is 0.347. The Hall–Kier alpha value is -2.03. The Bertz CT molecular complexity index is 1490. The van der Waals surface area contributed by atoms with Crippen molar-refractivity contribution in [1.29, 1.82) is 0 Å². The van der Waals surface area contributed by atoms with Crippen LogP contribution in [0.15, 0.2) is 69.5 Å². The maximum absolute atomic E-state index is 13.3. The van der Waals surface area contributed by atoms with Gasteiger partial charge in [0, 0.05) is 28.3 Å². The molecule has 2 aromatic rings. The highest BCUT2D eigenvalue weighted by atomic mass is 35.5. The summed E-state index contributed by atoms with van der Waals surface area (Å²) in [7, 11) is -3.72. The SMILES string of the molecule is CCOc1cc(Cl)c(S(C)(=O)=O)cc1C1=N[C@@](C)(C2C=CC(Cl)=CC2)[C@@](C)(c2ccc(Cl)cc2)N1C(=O)Cl. The van der Waals surface area contributed by atoms with Crippen molar-refractivity contribution < 1.29 is 17.9 Å².